The second-order valence-corrected chi connectivity index (χ2v) is 5.03. The zero-order valence-electron chi connectivity index (χ0n) is 12.8. The molecule has 2 rings (SSSR count). The van der Waals surface area contributed by atoms with E-state index in [9.17, 15) is 4.79 Å². The lowest BCUT2D eigenvalue weighted by Gasteiger charge is -2.08. The molecule has 0 fully saturated rings. The Morgan fingerprint density at radius 3 is 2.68 bits per heavy atom. The Morgan fingerprint density at radius 2 is 1.95 bits per heavy atom. The lowest BCUT2D eigenvalue weighted by atomic mass is 10.1. The molecule has 0 bridgehead atoms. The van der Waals surface area contributed by atoms with Crippen molar-refractivity contribution in [3.63, 3.8) is 0 Å². The second kappa shape index (κ2) is 7.26. The van der Waals surface area contributed by atoms with Crippen molar-refractivity contribution in [1.29, 1.82) is 0 Å². The highest BCUT2D eigenvalue weighted by Crippen LogP contribution is 2.12. The summed E-state index contributed by atoms with van der Waals surface area (Å²) in [4.78, 5) is 11.8. The normalized spacial score (nSPS) is 11.1. The predicted octanol–water partition coefficient (Wildman–Crippen LogP) is 2.53. The summed E-state index contributed by atoms with van der Waals surface area (Å²) >= 11 is 0. The third kappa shape index (κ3) is 4.34. The molecule has 4 N–H and O–H groups in total. The number of rotatable bonds is 5. The average Bonchev–Trinajstić information content (AvgIpc) is 2.52. The highest BCUT2D eigenvalue weighted by atomic mass is 16.2. The summed E-state index contributed by atoms with van der Waals surface area (Å²) in [6.45, 7) is 3.98. The Balaban J connectivity index is 1.90. The minimum absolute atomic E-state index is 0.165. The molecule has 0 radical (unpaired) electrons. The van der Waals surface area contributed by atoms with Gasteiger partial charge in [-0.1, -0.05) is 30.3 Å². The fourth-order valence-electron chi connectivity index (χ4n) is 1.96. The molecule has 2 aromatic carbocycles. The van der Waals surface area contributed by atoms with Crippen LogP contribution in [0.4, 0.5) is 11.4 Å². The number of nitrogens with zero attached hydrogens (tertiary/aromatic N) is 1. The number of anilines is 2. The van der Waals surface area contributed by atoms with E-state index in [1.54, 1.807) is 0 Å². The van der Waals surface area contributed by atoms with Crippen LogP contribution >= 0.6 is 0 Å². The van der Waals surface area contributed by atoms with Crippen LogP contribution < -0.4 is 16.5 Å². The molecule has 0 aliphatic rings. The molecule has 0 saturated carbocycles. The molecule has 0 aromatic heterocycles. The third-order valence-corrected chi connectivity index (χ3v) is 3.24. The minimum atomic E-state index is -0.202. The van der Waals surface area contributed by atoms with Crippen LogP contribution in [0.5, 0.6) is 0 Å². The summed E-state index contributed by atoms with van der Waals surface area (Å²) in [6.07, 6.45) is 0. The summed E-state index contributed by atoms with van der Waals surface area (Å²) in [6, 6.07) is 15.2. The maximum Gasteiger partial charge on any atom is 0.259 e. The smallest absolute Gasteiger partial charge is 0.259 e. The Hall–Kier alpha value is -2.82. The van der Waals surface area contributed by atoms with Crippen LogP contribution in [-0.2, 0) is 4.79 Å². The van der Waals surface area contributed by atoms with Crippen molar-refractivity contribution in [2.24, 2.45) is 5.10 Å². The van der Waals surface area contributed by atoms with Gasteiger partial charge in [0.25, 0.3) is 5.91 Å². The summed E-state index contributed by atoms with van der Waals surface area (Å²) in [5, 5.41) is 7.18. The fraction of sp³-hybridized carbons (Fsp3) is 0.176. The molecule has 1 amide bonds. The second-order valence-electron chi connectivity index (χ2n) is 5.03. The number of para-hydroxylation sites is 1. The van der Waals surface area contributed by atoms with Gasteiger partial charge in [-0.25, -0.2) is 5.43 Å². The zero-order chi connectivity index (χ0) is 15.9. The zero-order valence-corrected chi connectivity index (χ0v) is 12.8. The van der Waals surface area contributed by atoms with Gasteiger partial charge in [-0.15, -0.1) is 0 Å². The number of nitrogen functional groups attached to an aromatic ring is 1. The number of hydrogen-bond donors (Lipinski definition) is 3. The number of hydrazone groups is 1. The van der Waals surface area contributed by atoms with Gasteiger partial charge >= 0.3 is 0 Å². The Kier molecular flexibility index (Phi) is 5.14. The molecule has 114 valence electrons. The SMILES string of the molecule is C/C(=N/NC(=O)CNc1ccccc1C)c1cccc(N)c1. The summed E-state index contributed by atoms with van der Waals surface area (Å²) in [5.41, 5.74) is 12.5. The molecular formula is C17H20N4O. The van der Waals surface area contributed by atoms with Crippen molar-refractivity contribution in [2.75, 3.05) is 17.6 Å². The third-order valence-electron chi connectivity index (χ3n) is 3.24. The molecule has 22 heavy (non-hydrogen) atoms. The van der Waals surface area contributed by atoms with Crippen LogP contribution in [0.25, 0.3) is 0 Å². The lowest BCUT2D eigenvalue weighted by molar-refractivity contribution is -0.119. The first-order valence-electron chi connectivity index (χ1n) is 7.05. The van der Waals surface area contributed by atoms with Gasteiger partial charge in [0.15, 0.2) is 0 Å². The molecule has 0 unspecified atom stereocenters. The number of amides is 1. The van der Waals surface area contributed by atoms with Gasteiger partial charge < -0.3 is 11.1 Å². The van der Waals surface area contributed by atoms with Crippen molar-refractivity contribution >= 4 is 23.0 Å². The molecule has 5 nitrogen and oxygen atoms in total. The van der Waals surface area contributed by atoms with Gasteiger partial charge in [-0.2, -0.15) is 5.10 Å². The predicted molar refractivity (Wildman–Crippen MR) is 90.9 cm³/mol. The van der Waals surface area contributed by atoms with Crippen molar-refractivity contribution in [1.82, 2.24) is 5.43 Å². The van der Waals surface area contributed by atoms with E-state index in [0.717, 1.165) is 16.8 Å². The summed E-state index contributed by atoms with van der Waals surface area (Å²) in [7, 11) is 0. The summed E-state index contributed by atoms with van der Waals surface area (Å²) in [5.74, 6) is -0.202. The highest BCUT2D eigenvalue weighted by molar-refractivity contribution is 6.00. The van der Waals surface area contributed by atoms with Crippen LogP contribution in [0.3, 0.4) is 0 Å². The van der Waals surface area contributed by atoms with E-state index in [2.05, 4.69) is 15.8 Å². The number of nitrogens with one attached hydrogen (secondary N) is 2. The first-order valence-corrected chi connectivity index (χ1v) is 7.05. The van der Waals surface area contributed by atoms with Crippen molar-refractivity contribution in [3.8, 4) is 0 Å². The first-order chi connectivity index (χ1) is 10.6. The Morgan fingerprint density at radius 1 is 1.18 bits per heavy atom. The van der Waals surface area contributed by atoms with Gasteiger partial charge in [0.1, 0.15) is 0 Å². The number of hydrogen-bond acceptors (Lipinski definition) is 4. The van der Waals surface area contributed by atoms with Crippen LogP contribution in [0.15, 0.2) is 53.6 Å². The highest BCUT2D eigenvalue weighted by Gasteiger charge is 2.03. The summed E-state index contributed by atoms with van der Waals surface area (Å²) < 4.78 is 0. The molecule has 2 aromatic rings. The van der Waals surface area contributed by atoms with Gasteiger partial charge in [-0.05, 0) is 43.2 Å². The van der Waals surface area contributed by atoms with Crippen LogP contribution in [-0.4, -0.2) is 18.2 Å². The van der Waals surface area contributed by atoms with Crippen LogP contribution in [0.1, 0.15) is 18.1 Å². The van der Waals surface area contributed by atoms with Gasteiger partial charge in [0.05, 0.1) is 12.3 Å². The first kappa shape index (κ1) is 15.6. The Labute approximate surface area is 130 Å². The lowest BCUT2D eigenvalue weighted by Crippen LogP contribution is -2.27. The number of benzene rings is 2. The number of aryl methyl sites for hydroxylation is 1. The van der Waals surface area contributed by atoms with E-state index in [1.165, 1.54) is 0 Å². The van der Waals surface area contributed by atoms with Crippen LogP contribution in [0, 0.1) is 6.92 Å². The monoisotopic (exact) mass is 296 g/mol. The van der Waals surface area contributed by atoms with Crippen molar-refractivity contribution in [2.45, 2.75) is 13.8 Å². The topological polar surface area (TPSA) is 79.5 Å². The number of carbonyl (C=O) groups is 1. The molecular weight excluding hydrogens is 276 g/mol. The molecule has 5 heteroatoms. The van der Waals surface area contributed by atoms with Gasteiger partial charge in [-0.3, -0.25) is 4.79 Å². The van der Waals surface area contributed by atoms with E-state index >= 15 is 0 Å². The van der Waals surface area contributed by atoms with E-state index in [1.807, 2.05) is 62.4 Å². The quantitative estimate of drug-likeness (QED) is 0.450. The van der Waals surface area contributed by atoms with Gasteiger partial charge in [0, 0.05) is 11.4 Å². The molecule has 0 aliphatic heterocycles. The van der Waals surface area contributed by atoms with E-state index in [4.69, 9.17) is 5.73 Å². The number of nitrogens with two attached hydrogens (primary N) is 1. The van der Waals surface area contributed by atoms with E-state index in [-0.39, 0.29) is 12.5 Å². The van der Waals surface area contributed by atoms with Crippen molar-refractivity contribution < 1.29 is 4.79 Å². The largest absolute Gasteiger partial charge is 0.399 e. The molecule has 0 saturated heterocycles. The van der Waals surface area contributed by atoms with E-state index < -0.39 is 0 Å². The van der Waals surface area contributed by atoms with Gasteiger partial charge in [0.2, 0.25) is 0 Å². The standard InChI is InChI=1S/C17H20N4O/c1-12-6-3-4-9-16(12)19-11-17(22)21-20-13(2)14-7-5-8-15(18)10-14/h3-10,19H,11,18H2,1-2H3,(H,21,22)/b20-13-. The minimum Gasteiger partial charge on any atom is -0.399 e. The number of carbonyl (C=O) groups excluding carboxylic acids is 1. The average molecular weight is 296 g/mol. The Bertz CT molecular complexity index is 695. The maximum atomic E-state index is 11.8. The molecule has 0 heterocycles. The molecule has 0 aliphatic carbocycles. The van der Waals surface area contributed by atoms with Crippen molar-refractivity contribution in [3.05, 3.63) is 59.7 Å². The van der Waals surface area contributed by atoms with Crippen LogP contribution in [0.2, 0.25) is 0 Å². The van der Waals surface area contributed by atoms with E-state index in [0.29, 0.717) is 11.4 Å². The molecule has 0 atom stereocenters. The molecule has 0 spiro atoms. The maximum absolute atomic E-state index is 11.8. The fourth-order valence-corrected chi connectivity index (χ4v) is 1.96.